The van der Waals surface area contributed by atoms with E-state index in [1.54, 1.807) is 0 Å². The molecule has 12 rings (SSSR count). The first-order chi connectivity index (χ1) is 32.2. The molecule has 0 aliphatic heterocycles. The predicted octanol–water partition coefficient (Wildman–Crippen LogP) is 14.9. The van der Waals surface area contributed by atoms with Crippen LogP contribution in [0.3, 0.4) is 0 Å². The largest absolute Gasteiger partial charge is 0.310 e. The Kier molecular flexibility index (Phi) is 6.05. The van der Waals surface area contributed by atoms with Crippen molar-refractivity contribution < 1.29 is 9.60 Å². The van der Waals surface area contributed by atoms with Gasteiger partial charge in [-0.25, -0.2) is 0 Å². The summed E-state index contributed by atoms with van der Waals surface area (Å²) in [5.74, 6) is 0. The highest BCUT2D eigenvalue weighted by Gasteiger charge is 2.47. The van der Waals surface area contributed by atoms with Crippen molar-refractivity contribution in [1.29, 1.82) is 0 Å². The van der Waals surface area contributed by atoms with Gasteiger partial charge in [0.15, 0.2) is 0 Å². The van der Waals surface area contributed by atoms with Crippen molar-refractivity contribution in [3.63, 3.8) is 0 Å². The molecule has 1 heterocycles. The first-order valence-corrected chi connectivity index (χ1v) is 19.9. The Morgan fingerprint density at radius 3 is 1.97 bits per heavy atom. The normalized spacial score (nSPS) is 16.2. The molecule has 0 N–H and O–H groups in total. The molecule has 11 aromatic rings. The fourth-order valence-electron chi connectivity index (χ4n) is 9.60. The Balaban J connectivity index is 1.25. The monoisotopic (exact) mass is 757 g/mol. The summed E-state index contributed by atoms with van der Waals surface area (Å²) in [6.45, 7) is 0. The van der Waals surface area contributed by atoms with E-state index in [1.165, 1.54) is 0 Å². The average molecular weight is 758 g/mol. The molecule has 1 aliphatic rings. The van der Waals surface area contributed by atoms with Crippen molar-refractivity contribution in [3.05, 3.63) is 253 Å². The van der Waals surface area contributed by atoms with E-state index < -0.39 is 29.6 Å². The van der Waals surface area contributed by atoms with Gasteiger partial charge in [0, 0.05) is 33.5 Å². The zero-order valence-electron chi connectivity index (χ0n) is 38.8. The predicted molar refractivity (Wildman–Crippen MR) is 248 cm³/mol. The Morgan fingerprint density at radius 1 is 0.424 bits per heavy atom. The lowest BCUT2D eigenvalue weighted by molar-refractivity contribution is 0.778. The summed E-state index contributed by atoms with van der Waals surface area (Å²) in [5, 5.41) is 3.90. The fourth-order valence-corrected chi connectivity index (χ4v) is 9.60. The van der Waals surface area contributed by atoms with E-state index in [-0.39, 0.29) is 34.5 Å². The Hall–Kier alpha value is -7.68. The van der Waals surface area contributed by atoms with Crippen LogP contribution in [-0.4, -0.2) is 4.57 Å². The van der Waals surface area contributed by atoms with Gasteiger partial charge in [-0.2, -0.15) is 0 Å². The molecule has 1 atom stereocenters. The van der Waals surface area contributed by atoms with Crippen LogP contribution >= 0.6 is 0 Å². The first-order valence-electron chi connectivity index (χ1n) is 23.4. The van der Waals surface area contributed by atoms with Crippen LogP contribution in [0.15, 0.2) is 230 Å². The summed E-state index contributed by atoms with van der Waals surface area (Å²) in [7, 11) is 0. The van der Waals surface area contributed by atoms with Gasteiger partial charge in [0.2, 0.25) is 0 Å². The number of rotatable bonds is 6. The van der Waals surface area contributed by atoms with Gasteiger partial charge in [-0.15, -0.1) is 0 Å². The molecule has 0 radical (unpaired) electrons. The third kappa shape index (κ3) is 5.00. The zero-order chi connectivity index (χ0) is 45.0. The van der Waals surface area contributed by atoms with E-state index in [2.05, 4.69) is 119 Å². The molecule has 0 saturated heterocycles. The van der Waals surface area contributed by atoms with Crippen LogP contribution in [0.4, 0.5) is 17.1 Å². The topological polar surface area (TPSA) is 8.17 Å². The summed E-state index contributed by atoms with van der Waals surface area (Å²) < 4.78 is 67.6. The lowest BCUT2D eigenvalue weighted by atomic mass is 9.66. The van der Waals surface area contributed by atoms with Crippen LogP contribution in [0.2, 0.25) is 0 Å². The third-order valence-corrected chi connectivity index (χ3v) is 12.0. The van der Waals surface area contributed by atoms with Crippen molar-refractivity contribution in [2.75, 3.05) is 4.90 Å². The van der Waals surface area contributed by atoms with Crippen LogP contribution in [0.25, 0.3) is 60.2 Å². The maximum Gasteiger partial charge on any atom is 0.0720 e. The molecule has 1 aromatic heterocycles. The minimum atomic E-state index is -1.43. The van der Waals surface area contributed by atoms with Crippen LogP contribution in [0, 0.1) is 0 Å². The van der Waals surface area contributed by atoms with E-state index in [9.17, 15) is 5.48 Å². The zero-order valence-corrected chi connectivity index (χ0v) is 31.8. The van der Waals surface area contributed by atoms with Crippen LogP contribution in [0.1, 0.15) is 31.8 Å². The summed E-state index contributed by atoms with van der Waals surface area (Å²) in [5.41, 5.74) is 8.62. The molecule has 1 aliphatic carbocycles. The van der Waals surface area contributed by atoms with Crippen LogP contribution in [-0.2, 0) is 5.41 Å². The molecule has 0 amide bonds. The molecule has 0 saturated carbocycles. The van der Waals surface area contributed by atoms with Gasteiger partial charge in [-0.1, -0.05) is 164 Å². The van der Waals surface area contributed by atoms with Gasteiger partial charge in [-0.05, 0) is 122 Å². The number of hydrogen-bond donors (Lipinski definition) is 0. The highest BCUT2D eigenvalue weighted by Crippen LogP contribution is 2.59. The van der Waals surface area contributed by atoms with E-state index >= 15 is 0 Å². The van der Waals surface area contributed by atoms with E-state index in [1.807, 2.05) is 78.9 Å². The molecule has 10 aromatic carbocycles. The Bertz CT molecular complexity index is 3810. The van der Waals surface area contributed by atoms with Crippen molar-refractivity contribution in [2.45, 2.75) is 5.41 Å². The number of hydrogen-bond acceptors (Lipinski definition) is 1. The van der Waals surface area contributed by atoms with Gasteiger partial charge in [0.1, 0.15) is 0 Å². The van der Waals surface area contributed by atoms with E-state index in [0.29, 0.717) is 0 Å². The number of aromatic nitrogens is 1. The van der Waals surface area contributed by atoms with Gasteiger partial charge in [0.25, 0.3) is 0 Å². The first kappa shape index (κ1) is 27.0. The number of benzene rings is 10. The average Bonchev–Trinajstić information content (AvgIpc) is 3.85. The number of fused-ring (bicyclic) bond motifs is 8. The van der Waals surface area contributed by atoms with Gasteiger partial charge >= 0.3 is 0 Å². The minimum Gasteiger partial charge on any atom is -0.310 e. The quantitative estimate of drug-likeness (QED) is 0.164. The molecular weight excluding hydrogens is 713 g/mol. The molecular formula is C57H38N2. The highest BCUT2D eigenvalue weighted by atomic mass is 15.1. The lowest BCUT2D eigenvalue weighted by Crippen LogP contribution is -2.29. The molecule has 0 spiro atoms. The molecule has 2 heteroatoms. The van der Waals surface area contributed by atoms with Crippen LogP contribution in [0.5, 0.6) is 0 Å². The van der Waals surface area contributed by atoms with Crippen molar-refractivity contribution in [3.8, 4) is 16.8 Å². The smallest absolute Gasteiger partial charge is 0.0720 e. The summed E-state index contributed by atoms with van der Waals surface area (Å²) in [4.78, 5) is 2.24. The Morgan fingerprint density at radius 2 is 1.08 bits per heavy atom. The number of anilines is 3. The molecule has 276 valence electrons. The van der Waals surface area contributed by atoms with Gasteiger partial charge in [0.05, 0.1) is 26.0 Å². The molecule has 0 bridgehead atoms. The minimum absolute atomic E-state index is 0.0793. The van der Waals surface area contributed by atoms with Crippen molar-refractivity contribution >= 4 is 60.4 Å². The second kappa shape index (κ2) is 13.2. The molecule has 1 unspecified atom stereocenters. The summed E-state index contributed by atoms with van der Waals surface area (Å²) in [6, 6.07) is 61.5. The third-order valence-electron chi connectivity index (χ3n) is 12.0. The lowest BCUT2D eigenvalue weighted by Gasteiger charge is -2.35. The number of para-hydroxylation sites is 3. The van der Waals surface area contributed by atoms with Crippen LogP contribution < -0.4 is 4.90 Å². The maximum absolute atomic E-state index is 10.3. The van der Waals surface area contributed by atoms with Crippen molar-refractivity contribution in [2.24, 2.45) is 0 Å². The summed E-state index contributed by atoms with van der Waals surface area (Å²) >= 11 is 0. The SMILES string of the molecule is [2H]c1c([2H])c([2H])c2c([2H])c(C3(c4cccc5c4c4ccccc4n5-c4ccccc4)c4ccccc4-c4cc(N(c5ccccc5)c5ccc6ccccc6c5)ccc43)c([2H])c([2H])c2c1[2H]. The standard InChI is InChI=1S/C57H38N2/c1-3-20-44(21-4-1)58(46-33-31-40-17-8-10-19-42(40)37-46)47-34-35-52-50(38-47)48-24-11-13-26-51(48)57(52,43-32-30-39-16-7-9-18-41(39)36-43)53-27-15-29-55-56(53)49-25-12-14-28-54(49)59(55)45-22-5-2-6-23-45/h1-38H/i7D,9D,16D,18D,30D,32D,36D. The van der Waals surface area contributed by atoms with Crippen molar-refractivity contribution in [1.82, 2.24) is 4.57 Å². The molecule has 0 fully saturated rings. The number of nitrogens with zero attached hydrogens (tertiary/aromatic N) is 2. The highest BCUT2D eigenvalue weighted by molar-refractivity contribution is 6.13. The second-order valence-corrected chi connectivity index (χ2v) is 15.1. The maximum atomic E-state index is 10.3. The van der Waals surface area contributed by atoms with Gasteiger partial charge < -0.3 is 9.47 Å². The van der Waals surface area contributed by atoms with E-state index in [0.717, 1.165) is 83.1 Å². The fraction of sp³-hybridized carbons (Fsp3) is 0.0175. The van der Waals surface area contributed by atoms with Gasteiger partial charge in [-0.3, -0.25) is 0 Å². The molecule has 59 heavy (non-hydrogen) atoms. The molecule has 2 nitrogen and oxygen atoms in total. The summed E-state index contributed by atoms with van der Waals surface area (Å²) in [6.07, 6.45) is 0. The van der Waals surface area contributed by atoms with E-state index in [4.69, 9.17) is 4.11 Å². The second-order valence-electron chi connectivity index (χ2n) is 15.1. The Labute approximate surface area is 353 Å².